The van der Waals surface area contributed by atoms with Crippen molar-refractivity contribution in [3.8, 4) is 11.5 Å². The van der Waals surface area contributed by atoms with Crippen LogP contribution in [0.3, 0.4) is 0 Å². The van der Waals surface area contributed by atoms with E-state index in [0.29, 0.717) is 32.9 Å². The average molecular weight is 600 g/mol. The van der Waals surface area contributed by atoms with Gasteiger partial charge in [0.1, 0.15) is 5.75 Å². The number of ether oxygens (including phenoxy) is 1. The standard InChI is InChI=1S/C23H11BrClF3N2O5S/c24-16-9-12(10-20-21(31)29(22(32)36-20)15-5-3-14(25)4-6-15)1-7-18(16)35-19-8-2-13(23(26,27)28)11-17(19)30(33)34/h1-11H/b20-10-. The van der Waals surface area contributed by atoms with Crippen molar-refractivity contribution < 1.29 is 32.4 Å². The van der Waals surface area contributed by atoms with Gasteiger partial charge in [-0.1, -0.05) is 17.7 Å². The van der Waals surface area contributed by atoms with Crippen LogP contribution in [0.15, 0.2) is 70.0 Å². The summed E-state index contributed by atoms with van der Waals surface area (Å²) in [5.41, 5.74) is -1.16. The lowest BCUT2D eigenvalue weighted by molar-refractivity contribution is -0.385. The second-order valence-corrected chi connectivity index (χ2v) is 9.51. The second-order valence-electron chi connectivity index (χ2n) is 7.22. The molecule has 3 aromatic carbocycles. The Labute approximate surface area is 218 Å². The average Bonchev–Trinajstić information content (AvgIpc) is 3.08. The van der Waals surface area contributed by atoms with E-state index in [2.05, 4.69) is 15.9 Å². The zero-order valence-electron chi connectivity index (χ0n) is 17.6. The zero-order chi connectivity index (χ0) is 26.2. The van der Waals surface area contributed by atoms with Crippen molar-refractivity contribution in [3.63, 3.8) is 0 Å². The molecule has 0 bridgehead atoms. The van der Waals surface area contributed by atoms with Gasteiger partial charge in [0.05, 0.1) is 25.6 Å². The number of carbonyl (C=O) groups excluding carboxylic acids is 2. The van der Waals surface area contributed by atoms with E-state index in [-0.39, 0.29) is 16.4 Å². The Morgan fingerprint density at radius 2 is 1.69 bits per heavy atom. The van der Waals surface area contributed by atoms with Crippen molar-refractivity contribution in [2.24, 2.45) is 0 Å². The van der Waals surface area contributed by atoms with Crippen molar-refractivity contribution in [2.75, 3.05) is 4.90 Å². The van der Waals surface area contributed by atoms with Crippen LogP contribution in [0.25, 0.3) is 6.08 Å². The Morgan fingerprint density at radius 3 is 2.31 bits per heavy atom. The van der Waals surface area contributed by atoms with Gasteiger partial charge in [-0.05, 0) is 87.9 Å². The monoisotopic (exact) mass is 598 g/mol. The first-order chi connectivity index (χ1) is 16.9. The molecule has 0 unspecified atom stereocenters. The van der Waals surface area contributed by atoms with Crippen LogP contribution in [0.4, 0.5) is 29.3 Å². The maximum atomic E-state index is 12.9. The SMILES string of the molecule is O=C1S/C(=C\c2ccc(Oc3ccc(C(F)(F)F)cc3[N+](=O)[O-])c(Br)c2)C(=O)N1c1ccc(Cl)cc1. The number of nitro groups is 1. The molecule has 0 N–H and O–H groups in total. The zero-order valence-corrected chi connectivity index (χ0v) is 20.7. The van der Waals surface area contributed by atoms with E-state index < -0.39 is 33.5 Å². The van der Waals surface area contributed by atoms with Gasteiger partial charge < -0.3 is 4.74 Å². The molecule has 0 radical (unpaired) electrons. The van der Waals surface area contributed by atoms with Crippen LogP contribution < -0.4 is 9.64 Å². The van der Waals surface area contributed by atoms with Gasteiger partial charge in [-0.25, -0.2) is 4.90 Å². The molecule has 36 heavy (non-hydrogen) atoms. The fraction of sp³-hybridized carbons (Fsp3) is 0.0435. The van der Waals surface area contributed by atoms with Gasteiger partial charge in [0.15, 0.2) is 0 Å². The van der Waals surface area contributed by atoms with Crippen LogP contribution in [0.2, 0.25) is 5.02 Å². The maximum absolute atomic E-state index is 12.9. The summed E-state index contributed by atoms with van der Waals surface area (Å²) in [5, 5.41) is 11.3. The van der Waals surface area contributed by atoms with Gasteiger partial charge >= 0.3 is 11.9 Å². The summed E-state index contributed by atoms with van der Waals surface area (Å²) in [6.45, 7) is 0. The van der Waals surface area contributed by atoms with Gasteiger partial charge in [0, 0.05) is 11.1 Å². The molecule has 1 saturated heterocycles. The molecule has 0 atom stereocenters. The molecule has 0 aliphatic carbocycles. The van der Waals surface area contributed by atoms with E-state index in [9.17, 15) is 32.9 Å². The molecule has 184 valence electrons. The Morgan fingerprint density at radius 1 is 1.03 bits per heavy atom. The number of nitro benzene ring substituents is 1. The number of imide groups is 1. The summed E-state index contributed by atoms with van der Waals surface area (Å²) >= 11 is 9.86. The quantitative estimate of drug-likeness (QED) is 0.167. The van der Waals surface area contributed by atoms with Crippen LogP contribution >= 0.6 is 39.3 Å². The largest absolute Gasteiger partial charge is 0.449 e. The molecule has 3 aromatic rings. The van der Waals surface area contributed by atoms with Crippen LogP contribution in [0.1, 0.15) is 11.1 Å². The number of thioether (sulfide) groups is 1. The number of hydrogen-bond acceptors (Lipinski definition) is 6. The van der Waals surface area contributed by atoms with Crippen LogP contribution in [-0.2, 0) is 11.0 Å². The fourth-order valence-corrected chi connectivity index (χ4v) is 4.61. The van der Waals surface area contributed by atoms with Gasteiger partial charge in [-0.15, -0.1) is 0 Å². The van der Waals surface area contributed by atoms with E-state index in [1.54, 1.807) is 24.3 Å². The molecule has 2 amide bonds. The van der Waals surface area contributed by atoms with Crippen molar-refractivity contribution in [1.29, 1.82) is 0 Å². The third-order valence-electron chi connectivity index (χ3n) is 4.84. The maximum Gasteiger partial charge on any atom is 0.416 e. The predicted molar refractivity (Wildman–Crippen MR) is 132 cm³/mol. The molecule has 1 fully saturated rings. The molecular formula is C23H11BrClF3N2O5S. The highest BCUT2D eigenvalue weighted by Crippen LogP contribution is 2.40. The van der Waals surface area contributed by atoms with Crippen molar-refractivity contribution in [1.82, 2.24) is 0 Å². The third kappa shape index (κ3) is 5.40. The number of nitrogens with zero attached hydrogens (tertiary/aromatic N) is 2. The minimum Gasteiger partial charge on any atom is -0.449 e. The topological polar surface area (TPSA) is 89.7 Å². The Hall–Kier alpha value is -3.35. The smallest absolute Gasteiger partial charge is 0.416 e. The van der Waals surface area contributed by atoms with Gasteiger partial charge in [0.25, 0.3) is 11.1 Å². The highest BCUT2D eigenvalue weighted by Gasteiger charge is 2.36. The number of carbonyl (C=O) groups is 2. The van der Waals surface area contributed by atoms with E-state index in [1.165, 1.54) is 24.3 Å². The highest BCUT2D eigenvalue weighted by atomic mass is 79.9. The number of anilines is 1. The minimum atomic E-state index is -4.75. The fourth-order valence-electron chi connectivity index (χ4n) is 3.16. The lowest BCUT2D eigenvalue weighted by Gasteiger charge is -2.12. The van der Waals surface area contributed by atoms with Crippen LogP contribution in [-0.4, -0.2) is 16.1 Å². The molecule has 1 heterocycles. The van der Waals surface area contributed by atoms with E-state index >= 15 is 0 Å². The molecule has 0 aromatic heterocycles. The minimum absolute atomic E-state index is 0.0873. The molecule has 1 aliphatic heterocycles. The Kier molecular flexibility index (Phi) is 7.12. The molecule has 13 heteroatoms. The lowest BCUT2D eigenvalue weighted by atomic mass is 10.1. The van der Waals surface area contributed by atoms with Crippen LogP contribution in [0, 0.1) is 10.1 Å². The molecule has 7 nitrogen and oxygen atoms in total. The number of amides is 2. The normalized spacial score (nSPS) is 15.0. The molecule has 4 rings (SSSR count). The summed E-state index contributed by atoms with van der Waals surface area (Å²) in [6, 6.07) is 12.6. The van der Waals surface area contributed by atoms with E-state index in [0.717, 1.165) is 22.7 Å². The van der Waals surface area contributed by atoms with E-state index in [4.69, 9.17) is 16.3 Å². The first-order valence-electron chi connectivity index (χ1n) is 9.80. The van der Waals surface area contributed by atoms with Crippen molar-refractivity contribution in [3.05, 3.63) is 96.3 Å². The number of halogens is 5. The predicted octanol–water partition coefficient (Wildman–Crippen LogP) is 8.06. The summed E-state index contributed by atoms with van der Waals surface area (Å²) in [6.07, 6.45) is -3.27. The van der Waals surface area contributed by atoms with Crippen molar-refractivity contribution in [2.45, 2.75) is 6.18 Å². The summed E-state index contributed by atoms with van der Waals surface area (Å²) in [7, 11) is 0. The molecule has 0 spiro atoms. The van der Waals surface area contributed by atoms with Crippen molar-refractivity contribution >= 4 is 67.9 Å². The Balaban J connectivity index is 1.58. The number of rotatable bonds is 5. The summed E-state index contributed by atoms with van der Waals surface area (Å²) < 4.78 is 44.6. The molecular weight excluding hydrogens is 589 g/mol. The third-order valence-corrected chi connectivity index (χ3v) is 6.58. The number of hydrogen-bond donors (Lipinski definition) is 0. The first kappa shape index (κ1) is 25.7. The van der Waals surface area contributed by atoms with E-state index in [1.807, 2.05) is 0 Å². The first-order valence-corrected chi connectivity index (χ1v) is 11.8. The highest BCUT2D eigenvalue weighted by molar-refractivity contribution is 9.10. The lowest BCUT2D eigenvalue weighted by Crippen LogP contribution is -2.27. The molecule has 1 aliphatic rings. The van der Waals surface area contributed by atoms with Gasteiger partial charge in [-0.2, -0.15) is 13.2 Å². The Bertz CT molecular complexity index is 1430. The van der Waals surface area contributed by atoms with Crippen LogP contribution in [0.5, 0.6) is 11.5 Å². The van der Waals surface area contributed by atoms with Gasteiger partial charge in [0.2, 0.25) is 5.75 Å². The summed E-state index contributed by atoms with van der Waals surface area (Å²) in [5.74, 6) is -0.820. The summed E-state index contributed by atoms with van der Waals surface area (Å²) in [4.78, 5) is 36.7. The molecule has 0 saturated carbocycles. The second kappa shape index (κ2) is 9.96. The number of alkyl halides is 3. The number of benzene rings is 3. The van der Waals surface area contributed by atoms with Gasteiger partial charge in [-0.3, -0.25) is 19.7 Å².